The van der Waals surface area contributed by atoms with Crippen LogP contribution in [0.2, 0.25) is 0 Å². The standard InChI is InChI=1S/C25H33F3N3O9P/c1-4-15(5-2)13-37-24(34)14(3)30-41(36,39-16-9-7-6-8-10-16)40-21(22(27)28)20-18(32)11-19(38-20)31-12-17(26)23(33)29-25(31)35/h6-10,12,14-15,18-22,32H,4-5,11,13H2,1-3H3,(H,30,36)(H,29,33,35)/t14-,18?,19+,20-,21-,41-/m0/s1. The summed E-state index contributed by atoms with van der Waals surface area (Å²) in [6, 6.07) is 6.08. The molecule has 0 spiro atoms. The fraction of sp³-hybridized carbons (Fsp3) is 0.560. The molecule has 2 aromatic rings. The van der Waals surface area contributed by atoms with E-state index in [9.17, 15) is 37.2 Å². The van der Waals surface area contributed by atoms with Crippen molar-refractivity contribution in [1.29, 1.82) is 0 Å². The quantitative estimate of drug-likeness (QED) is 0.215. The average Bonchev–Trinajstić information content (AvgIpc) is 3.30. The van der Waals surface area contributed by atoms with Gasteiger partial charge in [-0.25, -0.2) is 18.1 Å². The molecule has 1 aliphatic rings. The summed E-state index contributed by atoms with van der Waals surface area (Å²) < 4.78 is 78.2. The van der Waals surface area contributed by atoms with Crippen molar-refractivity contribution >= 4 is 13.7 Å². The Labute approximate surface area is 233 Å². The smallest absolute Gasteiger partial charge is 0.460 e. The number of halogens is 3. The highest BCUT2D eigenvalue weighted by Gasteiger charge is 2.49. The lowest BCUT2D eigenvalue weighted by atomic mass is 10.1. The summed E-state index contributed by atoms with van der Waals surface area (Å²) in [5.41, 5.74) is -2.41. The highest BCUT2D eigenvalue weighted by Crippen LogP contribution is 2.49. The number of alkyl halides is 2. The minimum Gasteiger partial charge on any atom is -0.464 e. The van der Waals surface area contributed by atoms with Crippen LogP contribution in [-0.4, -0.2) is 58.0 Å². The second-order valence-corrected chi connectivity index (χ2v) is 11.1. The maximum absolute atomic E-state index is 14.3. The topological polar surface area (TPSA) is 158 Å². The molecular weight excluding hydrogens is 574 g/mol. The molecule has 2 heterocycles. The largest absolute Gasteiger partial charge is 0.464 e. The number of aromatic amines is 1. The van der Waals surface area contributed by atoms with Crippen LogP contribution in [0.1, 0.15) is 46.3 Å². The van der Waals surface area contributed by atoms with Crippen LogP contribution in [0.15, 0.2) is 46.1 Å². The fourth-order valence-corrected chi connectivity index (χ4v) is 5.73. The summed E-state index contributed by atoms with van der Waals surface area (Å²) in [5, 5.41) is 12.8. The van der Waals surface area contributed by atoms with Gasteiger partial charge >= 0.3 is 19.4 Å². The van der Waals surface area contributed by atoms with Crippen molar-refractivity contribution in [3.8, 4) is 5.75 Å². The Balaban J connectivity index is 1.85. The predicted molar refractivity (Wildman–Crippen MR) is 139 cm³/mol. The van der Waals surface area contributed by atoms with Crippen molar-refractivity contribution in [1.82, 2.24) is 14.6 Å². The number of rotatable bonds is 14. The van der Waals surface area contributed by atoms with E-state index in [0.717, 1.165) is 12.8 Å². The van der Waals surface area contributed by atoms with Crippen LogP contribution in [-0.2, 0) is 23.4 Å². The second-order valence-electron chi connectivity index (χ2n) is 9.47. The molecule has 0 saturated carbocycles. The molecule has 0 bridgehead atoms. The van der Waals surface area contributed by atoms with Crippen LogP contribution in [0, 0.1) is 11.7 Å². The Morgan fingerprint density at radius 3 is 2.51 bits per heavy atom. The lowest BCUT2D eigenvalue weighted by Gasteiger charge is -2.30. The van der Waals surface area contributed by atoms with Gasteiger partial charge in [0.05, 0.1) is 18.9 Å². The molecule has 228 valence electrons. The minimum absolute atomic E-state index is 0.0463. The molecule has 1 unspecified atom stereocenters. The number of nitrogens with one attached hydrogen (secondary N) is 2. The molecule has 3 rings (SSSR count). The molecule has 1 aromatic carbocycles. The Bertz CT molecular complexity index is 1320. The summed E-state index contributed by atoms with van der Waals surface area (Å²) in [6.45, 7) is 5.23. The second kappa shape index (κ2) is 14.3. The van der Waals surface area contributed by atoms with Gasteiger partial charge in [0.25, 0.3) is 12.0 Å². The molecule has 0 radical (unpaired) electrons. The lowest BCUT2D eigenvalue weighted by molar-refractivity contribution is -0.147. The van der Waals surface area contributed by atoms with Crippen LogP contribution in [0.5, 0.6) is 5.75 Å². The van der Waals surface area contributed by atoms with Gasteiger partial charge in [-0.05, 0) is 25.0 Å². The van der Waals surface area contributed by atoms with Gasteiger partial charge in [-0.1, -0.05) is 44.9 Å². The highest BCUT2D eigenvalue weighted by molar-refractivity contribution is 7.52. The molecule has 1 aliphatic heterocycles. The van der Waals surface area contributed by atoms with E-state index < -0.39 is 74.2 Å². The zero-order valence-corrected chi connectivity index (χ0v) is 23.5. The molecule has 1 fully saturated rings. The summed E-state index contributed by atoms with van der Waals surface area (Å²) in [7, 11) is -4.82. The number of ether oxygens (including phenoxy) is 2. The maximum atomic E-state index is 14.3. The zero-order valence-electron chi connectivity index (χ0n) is 22.6. The fourth-order valence-electron chi connectivity index (χ4n) is 4.07. The van der Waals surface area contributed by atoms with Crippen molar-refractivity contribution in [2.24, 2.45) is 5.92 Å². The Hall–Kier alpha value is -2.97. The molecule has 1 aromatic heterocycles. The summed E-state index contributed by atoms with van der Waals surface area (Å²) in [6.07, 6.45) is -9.33. The number of aromatic nitrogens is 2. The third-order valence-corrected chi connectivity index (χ3v) is 8.17. The number of carbonyl (C=O) groups excluding carboxylic acids is 1. The number of H-pyrrole nitrogens is 1. The number of aliphatic hydroxyl groups is 1. The monoisotopic (exact) mass is 607 g/mol. The van der Waals surface area contributed by atoms with Gasteiger partial charge in [-0.2, -0.15) is 9.48 Å². The van der Waals surface area contributed by atoms with Gasteiger partial charge < -0.3 is 19.1 Å². The summed E-state index contributed by atoms with van der Waals surface area (Å²) >= 11 is 0. The Morgan fingerprint density at radius 2 is 1.90 bits per heavy atom. The SMILES string of the molecule is CCC(CC)COC(=O)[C@H](C)N[P@](=O)(Oc1ccccc1)O[C@H](C(F)F)[C@H]1O[C@@H](n2cc(F)c(=O)[nH]c2=O)CC1O. The molecule has 12 nitrogen and oxygen atoms in total. The third kappa shape index (κ3) is 8.52. The van der Waals surface area contributed by atoms with E-state index in [-0.39, 0.29) is 18.3 Å². The zero-order chi connectivity index (χ0) is 30.3. The summed E-state index contributed by atoms with van der Waals surface area (Å²) in [5.74, 6) is -2.13. The number of hydrogen-bond acceptors (Lipinski definition) is 9. The van der Waals surface area contributed by atoms with Crippen LogP contribution in [0.25, 0.3) is 0 Å². The lowest BCUT2D eigenvalue weighted by Crippen LogP contribution is -2.44. The molecule has 0 amide bonds. The first-order valence-corrected chi connectivity index (χ1v) is 14.5. The number of hydrogen-bond donors (Lipinski definition) is 3. The first-order chi connectivity index (χ1) is 19.4. The van der Waals surface area contributed by atoms with E-state index in [0.29, 0.717) is 10.8 Å². The van der Waals surface area contributed by atoms with Crippen LogP contribution >= 0.6 is 7.75 Å². The van der Waals surface area contributed by atoms with Crippen LogP contribution < -0.4 is 20.9 Å². The molecule has 41 heavy (non-hydrogen) atoms. The van der Waals surface area contributed by atoms with Gasteiger partial charge in [-0.15, -0.1) is 0 Å². The number of para-hydroxylation sites is 1. The molecule has 0 aliphatic carbocycles. The number of esters is 1. The van der Waals surface area contributed by atoms with E-state index in [1.165, 1.54) is 31.2 Å². The Morgan fingerprint density at radius 1 is 1.24 bits per heavy atom. The minimum atomic E-state index is -4.82. The van der Waals surface area contributed by atoms with E-state index in [1.54, 1.807) is 11.1 Å². The van der Waals surface area contributed by atoms with Crippen molar-refractivity contribution in [3.05, 3.63) is 63.2 Å². The highest BCUT2D eigenvalue weighted by atomic mass is 31.2. The van der Waals surface area contributed by atoms with Crippen molar-refractivity contribution in [2.75, 3.05) is 6.61 Å². The van der Waals surface area contributed by atoms with E-state index in [2.05, 4.69) is 5.09 Å². The average molecular weight is 608 g/mol. The van der Waals surface area contributed by atoms with Crippen molar-refractivity contribution in [2.45, 2.75) is 77.0 Å². The predicted octanol–water partition coefficient (Wildman–Crippen LogP) is 3.12. The van der Waals surface area contributed by atoms with E-state index >= 15 is 0 Å². The number of benzene rings is 1. The van der Waals surface area contributed by atoms with Crippen molar-refractivity contribution in [3.63, 3.8) is 0 Å². The third-order valence-electron chi connectivity index (χ3n) is 6.49. The number of nitrogens with zero attached hydrogens (tertiary/aromatic N) is 1. The molecule has 6 atom stereocenters. The molecule has 16 heteroatoms. The number of aliphatic hydroxyl groups excluding tert-OH is 1. The normalized spacial score (nSPS) is 21.9. The van der Waals surface area contributed by atoms with Crippen LogP contribution in [0.4, 0.5) is 13.2 Å². The molecule has 1 saturated heterocycles. The summed E-state index contributed by atoms with van der Waals surface area (Å²) in [4.78, 5) is 37.8. The van der Waals surface area contributed by atoms with Crippen molar-refractivity contribution < 1.29 is 46.2 Å². The molecule has 3 N–H and O–H groups in total. The van der Waals surface area contributed by atoms with Gasteiger partial charge in [-0.3, -0.25) is 23.7 Å². The first kappa shape index (κ1) is 32.5. The Kier molecular flexibility index (Phi) is 11.3. The molecular formula is C25H33F3N3O9P. The maximum Gasteiger partial charge on any atom is 0.460 e. The van der Waals surface area contributed by atoms with Gasteiger partial charge in [0.1, 0.15) is 24.1 Å². The van der Waals surface area contributed by atoms with Crippen LogP contribution in [0.3, 0.4) is 0 Å². The van der Waals surface area contributed by atoms with Gasteiger partial charge in [0, 0.05) is 6.42 Å². The van der Waals surface area contributed by atoms with Gasteiger partial charge in [0.2, 0.25) is 5.82 Å². The van der Waals surface area contributed by atoms with E-state index in [1.807, 2.05) is 13.8 Å². The number of carbonyl (C=O) groups is 1. The first-order valence-electron chi connectivity index (χ1n) is 13.0. The van der Waals surface area contributed by atoms with E-state index in [4.69, 9.17) is 18.5 Å². The van der Waals surface area contributed by atoms with Gasteiger partial charge in [0.15, 0.2) is 6.10 Å².